The Morgan fingerprint density at radius 2 is 1.55 bits per heavy atom. The van der Waals surface area contributed by atoms with Crippen molar-refractivity contribution in [1.29, 1.82) is 0 Å². The zero-order valence-electron chi connectivity index (χ0n) is 22.5. The van der Waals surface area contributed by atoms with Crippen molar-refractivity contribution in [2.75, 3.05) is 31.0 Å². The maximum absolute atomic E-state index is 14.1. The van der Waals surface area contributed by atoms with E-state index in [9.17, 15) is 13.2 Å². The third-order valence-electron chi connectivity index (χ3n) is 6.58. The van der Waals surface area contributed by atoms with E-state index in [2.05, 4.69) is 0 Å². The summed E-state index contributed by atoms with van der Waals surface area (Å²) in [4.78, 5) is 14.5. The van der Waals surface area contributed by atoms with Crippen molar-refractivity contribution in [2.45, 2.75) is 44.1 Å². The average Bonchev–Trinajstić information content (AvgIpc) is 2.91. The SMILES string of the molecule is COc1ccc(N(CC2CCN(C(=O)OC(C)(C)C)CC2)S(=O)(=O)c2ccccc2)c(-c2ccccc2)c1. The summed E-state index contributed by atoms with van der Waals surface area (Å²) in [5, 5.41) is 0. The molecule has 3 aromatic rings. The summed E-state index contributed by atoms with van der Waals surface area (Å²) >= 11 is 0. The Morgan fingerprint density at radius 3 is 2.13 bits per heavy atom. The van der Waals surface area contributed by atoms with E-state index in [-0.39, 0.29) is 16.9 Å². The number of hydrogen-bond donors (Lipinski definition) is 0. The molecule has 1 heterocycles. The molecule has 1 fully saturated rings. The second kappa shape index (κ2) is 11.5. The van der Waals surface area contributed by atoms with Crippen molar-refractivity contribution in [3.63, 3.8) is 0 Å². The zero-order chi connectivity index (χ0) is 27.3. The fourth-order valence-corrected chi connectivity index (χ4v) is 6.19. The molecule has 0 unspecified atom stereocenters. The third kappa shape index (κ3) is 6.48. The number of amides is 1. The smallest absolute Gasteiger partial charge is 0.410 e. The number of likely N-dealkylation sites (tertiary alicyclic amines) is 1. The quantitative estimate of drug-likeness (QED) is 0.359. The number of methoxy groups -OCH3 is 1. The highest BCUT2D eigenvalue weighted by Crippen LogP contribution is 2.38. The first-order chi connectivity index (χ1) is 18.1. The van der Waals surface area contributed by atoms with Crippen LogP contribution in [0.25, 0.3) is 11.1 Å². The van der Waals surface area contributed by atoms with Gasteiger partial charge in [-0.15, -0.1) is 0 Å². The summed E-state index contributed by atoms with van der Waals surface area (Å²) < 4.78 is 40.7. The number of hydrogen-bond acceptors (Lipinski definition) is 5. The Balaban J connectivity index is 1.68. The van der Waals surface area contributed by atoms with Crippen molar-refractivity contribution in [3.05, 3.63) is 78.9 Å². The Labute approximate surface area is 226 Å². The first-order valence-corrected chi connectivity index (χ1v) is 14.3. The van der Waals surface area contributed by atoms with Crippen LogP contribution in [-0.2, 0) is 14.8 Å². The lowest BCUT2D eigenvalue weighted by Crippen LogP contribution is -2.44. The number of anilines is 1. The number of carbonyl (C=O) groups is 1. The number of rotatable bonds is 7. The summed E-state index contributed by atoms with van der Waals surface area (Å²) in [6, 6.07) is 23.7. The minimum atomic E-state index is -3.87. The van der Waals surface area contributed by atoms with Crippen LogP contribution in [0.2, 0.25) is 0 Å². The van der Waals surface area contributed by atoms with Gasteiger partial charge in [0.1, 0.15) is 11.4 Å². The van der Waals surface area contributed by atoms with Crippen LogP contribution < -0.4 is 9.04 Å². The number of ether oxygens (including phenoxy) is 2. The van der Waals surface area contributed by atoms with Gasteiger partial charge in [0.15, 0.2) is 0 Å². The summed E-state index contributed by atoms with van der Waals surface area (Å²) in [6.45, 7) is 6.89. The molecular formula is C30H36N2O5S. The molecule has 3 aromatic carbocycles. The van der Waals surface area contributed by atoms with Crippen molar-refractivity contribution in [2.24, 2.45) is 5.92 Å². The first-order valence-electron chi connectivity index (χ1n) is 12.9. The van der Waals surface area contributed by atoms with E-state index in [1.165, 1.54) is 4.31 Å². The molecule has 1 aliphatic heterocycles. The van der Waals surface area contributed by atoms with Crippen molar-refractivity contribution < 1.29 is 22.7 Å². The lowest BCUT2D eigenvalue weighted by molar-refractivity contribution is 0.0187. The normalized spacial score (nSPS) is 14.7. The molecule has 1 aliphatic rings. The summed E-state index contributed by atoms with van der Waals surface area (Å²) in [5.41, 5.74) is 1.71. The first kappa shape index (κ1) is 27.5. The second-order valence-corrected chi connectivity index (χ2v) is 12.4. The molecule has 0 radical (unpaired) electrons. The zero-order valence-corrected chi connectivity index (χ0v) is 23.3. The molecule has 0 saturated carbocycles. The molecule has 0 bridgehead atoms. The molecule has 7 nitrogen and oxygen atoms in total. The van der Waals surface area contributed by atoms with Gasteiger partial charge in [0.25, 0.3) is 10.0 Å². The molecule has 202 valence electrons. The van der Waals surface area contributed by atoms with Gasteiger partial charge >= 0.3 is 6.09 Å². The molecule has 0 N–H and O–H groups in total. The number of carbonyl (C=O) groups excluding carboxylic acids is 1. The molecule has 8 heteroatoms. The second-order valence-electron chi connectivity index (χ2n) is 10.5. The fourth-order valence-electron chi connectivity index (χ4n) is 4.61. The highest BCUT2D eigenvalue weighted by molar-refractivity contribution is 7.92. The maximum Gasteiger partial charge on any atom is 0.410 e. The molecule has 38 heavy (non-hydrogen) atoms. The van der Waals surface area contributed by atoms with Gasteiger partial charge in [-0.3, -0.25) is 4.31 Å². The van der Waals surface area contributed by atoms with Crippen LogP contribution in [0.1, 0.15) is 33.6 Å². The molecule has 0 aromatic heterocycles. The van der Waals surface area contributed by atoms with E-state index in [4.69, 9.17) is 9.47 Å². The number of piperidine rings is 1. The van der Waals surface area contributed by atoms with E-state index >= 15 is 0 Å². The highest BCUT2D eigenvalue weighted by atomic mass is 32.2. The predicted molar refractivity (Wildman–Crippen MR) is 150 cm³/mol. The van der Waals surface area contributed by atoms with Crippen LogP contribution in [0.4, 0.5) is 10.5 Å². The van der Waals surface area contributed by atoms with Crippen molar-refractivity contribution >= 4 is 21.8 Å². The van der Waals surface area contributed by atoms with E-state index in [1.807, 2.05) is 63.2 Å². The van der Waals surface area contributed by atoms with Gasteiger partial charge in [0.2, 0.25) is 0 Å². The monoisotopic (exact) mass is 536 g/mol. The van der Waals surface area contributed by atoms with Crippen molar-refractivity contribution in [1.82, 2.24) is 4.90 Å². The largest absolute Gasteiger partial charge is 0.497 e. The van der Waals surface area contributed by atoms with Gasteiger partial charge in [-0.05, 0) is 75.4 Å². The summed E-state index contributed by atoms with van der Waals surface area (Å²) in [7, 11) is -2.27. The lowest BCUT2D eigenvalue weighted by Gasteiger charge is -2.36. The van der Waals surface area contributed by atoms with Crippen LogP contribution >= 0.6 is 0 Å². The molecule has 0 atom stereocenters. The Kier molecular flexibility index (Phi) is 8.31. The molecule has 4 rings (SSSR count). The van der Waals surface area contributed by atoms with Gasteiger partial charge < -0.3 is 14.4 Å². The summed E-state index contributed by atoms with van der Waals surface area (Å²) in [6.07, 6.45) is 1.03. The average molecular weight is 537 g/mol. The number of benzene rings is 3. The van der Waals surface area contributed by atoms with E-state index < -0.39 is 15.6 Å². The third-order valence-corrected chi connectivity index (χ3v) is 8.37. The van der Waals surface area contributed by atoms with Gasteiger partial charge in [-0.25, -0.2) is 13.2 Å². The molecule has 1 amide bonds. The van der Waals surface area contributed by atoms with Crippen LogP contribution in [-0.4, -0.2) is 51.8 Å². The minimum absolute atomic E-state index is 0.0675. The Hall–Kier alpha value is -3.52. The maximum atomic E-state index is 14.1. The van der Waals surface area contributed by atoms with E-state index in [0.29, 0.717) is 43.9 Å². The van der Waals surface area contributed by atoms with Crippen LogP contribution in [0.5, 0.6) is 5.75 Å². The van der Waals surface area contributed by atoms with Gasteiger partial charge in [0.05, 0.1) is 17.7 Å². The molecular weight excluding hydrogens is 500 g/mol. The van der Waals surface area contributed by atoms with E-state index in [1.54, 1.807) is 48.4 Å². The van der Waals surface area contributed by atoms with Crippen LogP contribution in [0.3, 0.4) is 0 Å². The lowest BCUT2D eigenvalue weighted by atomic mass is 9.96. The standard InChI is InChI=1S/C30H36N2O5S/c1-30(2,3)37-29(33)31-19-17-23(18-20-31)22-32(38(34,35)26-13-9-6-10-14-26)28-16-15-25(36-4)21-27(28)24-11-7-5-8-12-24/h5-16,21,23H,17-20,22H2,1-4H3. The Morgan fingerprint density at radius 1 is 0.947 bits per heavy atom. The number of sulfonamides is 1. The minimum Gasteiger partial charge on any atom is -0.497 e. The predicted octanol–water partition coefficient (Wildman–Crippen LogP) is 6.20. The molecule has 1 saturated heterocycles. The molecule has 0 spiro atoms. The van der Waals surface area contributed by atoms with Crippen molar-refractivity contribution in [3.8, 4) is 16.9 Å². The van der Waals surface area contributed by atoms with Gasteiger partial charge in [-0.1, -0.05) is 48.5 Å². The van der Waals surface area contributed by atoms with E-state index in [0.717, 1.165) is 11.1 Å². The topological polar surface area (TPSA) is 76.2 Å². The van der Waals surface area contributed by atoms with Crippen LogP contribution in [0, 0.1) is 5.92 Å². The number of nitrogens with zero attached hydrogens (tertiary/aromatic N) is 2. The van der Waals surface area contributed by atoms with Gasteiger partial charge in [0, 0.05) is 25.2 Å². The summed E-state index contributed by atoms with van der Waals surface area (Å²) in [5.74, 6) is 0.716. The van der Waals surface area contributed by atoms with Gasteiger partial charge in [-0.2, -0.15) is 0 Å². The Bertz CT molecular complexity index is 1330. The molecule has 0 aliphatic carbocycles. The van der Waals surface area contributed by atoms with Crippen LogP contribution in [0.15, 0.2) is 83.8 Å². The fraction of sp³-hybridized carbons (Fsp3) is 0.367. The highest BCUT2D eigenvalue weighted by Gasteiger charge is 2.33.